The summed E-state index contributed by atoms with van der Waals surface area (Å²) >= 11 is 0. The van der Waals surface area contributed by atoms with E-state index in [1.807, 2.05) is 29.9 Å². The van der Waals surface area contributed by atoms with Crippen LogP contribution in [-0.2, 0) is 17.1 Å². The summed E-state index contributed by atoms with van der Waals surface area (Å²) in [5, 5.41) is 0.736. The van der Waals surface area contributed by atoms with Gasteiger partial charge in [0.25, 0.3) is 10.0 Å². The van der Waals surface area contributed by atoms with E-state index in [-0.39, 0.29) is 4.90 Å². The van der Waals surface area contributed by atoms with Crippen LogP contribution in [0.1, 0.15) is 6.42 Å². The van der Waals surface area contributed by atoms with Crippen LogP contribution in [0.5, 0.6) is 5.75 Å². The van der Waals surface area contributed by atoms with E-state index in [4.69, 9.17) is 4.74 Å². The van der Waals surface area contributed by atoms with Crippen LogP contribution in [0.3, 0.4) is 0 Å². The van der Waals surface area contributed by atoms with Gasteiger partial charge in [0.15, 0.2) is 0 Å². The van der Waals surface area contributed by atoms with Crippen LogP contribution in [0.4, 0.5) is 11.4 Å². The van der Waals surface area contributed by atoms with Gasteiger partial charge in [-0.05, 0) is 42.3 Å². The molecule has 4 heterocycles. The van der Waals surface area contributed by atoms with E-state index in [0.29, 0.717) is 17.9 Å². The second kappa shape index (κ2) is 7.83. The first-order valence-electron chi connectivity index (χ1n) is 10.3. The molecule has 0 saturated heterocycles. The van der Waals surface area contributed by atoms with Gasteiger partial charge in [0.05, 0.1) is 23.4 Å². The molecule has 4 aromatic rings. The number of benzene rings is 1. The van der Waals surface area contributed by atoms with Gasteiger partial charge in [-0.25, -0.2) is 13.4 Å². The molecule has 8 nitrogen and oxygen atoms in total. The van der Waals surface area contributed by atoms with Crippen LogP contribution in [0.2, 0.25) is 0 Å². The van der Waals surface area contributed by atoms with Crippen molar-refractivity contribution in [1.82, 2.24) is 14.5 Å². The smallest absolute Gasteiger partial charge is 0.263 e. The van der Waals surface area contributed by atoms with E-state index >= 15 is 0 Å². The lowest BCUT2D eigenvalue weighted by molar-refractivity contribution is 0.322. The molecule has 0 unspecified atom stereocenters. The number of aromatic nitrogens is 3. The Morgan fingerprint density at radius 3 is 2.81 bits per heavy atom. The average Bonchev–Trinajstić information content (AvgIpc) is 3.03. The van der Waals surface area contributed by atoms with E-state index in [0.717, 1.165) is 40.9 Å². The minimum Gasteiger partial charge on any atom is -0.491 e. The van der Waals surface area contributed by atoms with Gasteiger partial charge < -0.3 is 14.2 Å². The first-order chi connectivity index (χ1) is 15.4. The Kier molecular flexibility index (Phi) is 4.97. The Morgan fingerprint density at radius 2 is 2.00 bits per heavy atom. The Balaban J connectivity index is 1.65. The lowest BCUT2D eigenvalue weighted by atomic mass is 10.0. The highest BCUT2D eigenvalue weighted by Gasteiger charge is 2.21. The number of sulfonamides is 1. The predicted molar refractivity (Wildman–Crippen MR) is 125 cm³/mol. The highest BCUT2D eigenvalue weighted by atomic mass is 32.2. The third-order valence-corrected chi connectivity index (χ3v) is 6.97. The van der Waals surface area contributed by atoms with Crippen LogP contribution < -0.4 is 14.4 Å². The third-order valence-electron chi connectivity index (χ3n) is 5.62. The second-order valence-electron chi connectivity index (χ2n) is 7.81. The minimum atomic E-state index is -3.80. The predicted octanol–water partition coefficient (Wildman–Crippen LogP) is 3.65. The SMILES string of the molecule is CN1CCCOc2ccc(-c3cn(C)c4nccc(NS(=O)(=O)c5cccnc5)c34)cc21. The molecule has 0 bridgehead atoms. The number of nitrogens with zero attached hydrogens (tertiary/aromatic N) is 4. The van der Waals surface area contributed by atoms with Crippen LogP contribution in [0, 0.1) is 0 Å². The molecule has 0 saturated carbocycles. The van der Waals surface area contributed by atoms with Crippen molar-refractivity contribution in [2.24, 2.45) is 7.05 Å². The summed E-state index contributed by atoms with van der Waals surface area (Å²) in [6.45, 7) is 1.60. The average molecular weight is 450 g/mol. The van der Waals surface area contributed by atoms with E-state index in [9.17, 15) is 8.42 Å². The highest BCUT2D eigenvalue weighted by Crippen LogP contribution is 2.39. The highest BCUT2D eigenvalue weighted by molar-refractivity contribution is 7.92. The van der Waals surface area contributed by atoms with Crippen LogP contribution in [0.25, 0.3) is 22.2 Å². The summed E-state index contributed by atoms with van der Waals surface area (Å²) in [5.41, 5.74) is 4.01. The molecule has 32 heavy (non-hydrogen) atoms. The summed E-state index contributed by atoms with van der Waals surface area (Å²) in [6.07, 6.45) is 7.40. The van der Waals surface area contributed by atoms with Gasteiger partial charge in [-0.15, -0.1) is 0 Å². The van der Waals surface area contributed by atoms with Crippen molar-refractivity contribution in [2.45, 2.75) is 11.3 Å². The van der Waals surface area contributed by atoms with E-state index in [2.05, 4.69) is 32.7 Å². The van der Waals surface area contributed by atoms with Gasteiger partial charge in [0.1, 0.15) is 16.3 Å². The molecule has 0 radical (unpaired) electrons. The van der Waals surface area contributed by atoms with Gasteiger partial charge in [-0.1, -0.05) is 6.07 Å². The fraction of sp³-hybridized carbons (Fsp3) is 0.217. The summed E-state index contributed by atoms with van der Waals surface area (Å²) in [4.78, 5) is 10.7. The maximum absolute atomic E-state index is 13.0. The van der Waals surface area contributed by atoms with E-state index < -0.39 is 10.0 Å². The number of fused-ring (bicyclic) bond motifs is 2. The van der Waals surface area contributed by atoms with Gasteiger partial charge in [0, 0.05) is 51.0 Å². The fourth-order valence-corrected chi connectivity index (χ4v) is 5.06. The minimum absolute atomic E-state index is 0.103. The Morgan fingerprint density at radius 1 is 1.12 bits per heavy atom. The molecule has 164 valence electrons. The number of aryl methyl sites for hydroxylation is 1. The number of ether oxygens (including phenoxy) is 1. The van der Waals surface area contributed by atoms with Gasteiger partial charge >= 0.3 is 0 Å². The van der Waals surface area contributed by atoms with Gasteiger partial charge in [-0.2, -0.15) is 0 Å². The van der Waals surface area contributed by atoms with Crippen molar-refractivity contribution in [1.29, 1.82) is 0 Å². The molecular formula is C23H23N5O3S. The van der Waals surface area contributed by atoms with Gasteiger partial charge in [-0.3, -0.25) is 9.71 Å². The van der Waals surface area contributed by atoms with Crippen LogP contribution >= 0.6 is 0 Å². The number of nitrogens with one attached hydrogen (secondary N) is 1. The van der Waals surface area contributed by atoms with Crippen molar-refractivity contribution in [3.63, 3.8) is 0 Å². The Labute approximate surface area is 186 Å². The maximum atomic E-state index is 13.0. The lowest BCUT2D eigenvalue weighted by Gasteiger charge is -2.19. The maximum Gasteiger partial charge on any atom is 0.263 e. The zero-order valence-electron chi connectivity index (χ0n) is 17.8. The lowest BCUT2D eigenvalue weighted by Crippen LogP contribution is -2.17. The summed E-state index contributed by atoms with van der Waals surface area (Å²) in [6, 6.07) is 10.8. The monoisotopic (exact) mass is 449 g/mol. The summed E-state index contributed by atoms with van der Waals surface area (Å²) in [5.74, 6) is 0.851. The molecular weight excluding hydrogens is 426 g/mol. The molecule has 1 aliphatic heterocycles. The van der Waals surface area contributed by atoms with Crippen LogP contribution in [-0.4, -0.2) is 43.2 Å². The molecule has 0 aliphatic carbocycles. The van der Waals surface area contributed by atoms with Crippen molar-refractivity contribution in [3.8, 4) is 16.9 Å². The zero-order valence-corrected chi connectivity index (χ0v) is 18.6. The number of anilines is 2. The third kappa shape index (κ3) is 3.54. The van der Waals surface area contributed by atoms with Gasteiger partial charge in [0.2, 0.25) is 0 Å². The zero-order chi connectivity index (χ0) is 22.3. The quantitative estimate of drug-likeness (QED) is 0.512. The Hall–Kier alpha value is -3.59. The molecule has 1 aliphatic rings. The number of hydrogen-bond donors (Lipinski definition) is 1. The largest absolute Gasteiger partial charge is 0.491 e. The molecule has 3 aromatic heterocycles. The molecule has 0 fully saturated rings. The molecule has 1 N–H and O–H groups in total. The molecule has 9 heteroatoms. The number of hydrogen-bond acceptors (Lipinski definition) is 6. The van der Waals surface area contributed by atoms with Crippen molar-refractivity contribution in [3.05, 3.63) is 61.2 Å². The second-order valence-corrected chi connectivity index (χ2v) is 9.49. The fourth-order valence-electron chi connectivity index (χ4n) is 4.03. The summed E-state index contributed by atoms with van der Waals surface area (Å²) < 4.78 is 36.5. The summed E-state index contributed by atoms with van der Waals surface area (Å²) in [7, 11) is 0.150. The standard InChI is InChI=1S/C23H23N5O3S/c1-27-11-4-12-31-21-7-6-16(13-20(21)27)18-15-28(2)23-22(18)19(8-10-25-23)26-32(29,30)17-5-3-9-24-14-17/h3,5-10,13-15H,4,11-12H2,1-2H3,(H,25,26). The number of rotatable bonds is 4. The number of pyridine rings is 2. The van der Waals surface area contributed by atoms with Crippen LogP contribution in [0.15, 0.2) is 66.1 Å². The molecule has 5 rings (SSSR count). The molecule has 0 atom stereocenters. The normalized spacial score (nSPS) is 14.0. The molecule has 1 aromatic carbocycles. The first kappa shape index (κ1) is 20.3. The topological polar surface area (TPSA) is 89.4 Å². The Bertz CT molecular complexity index is 1400. The van der Waals surface area contributed by atoms with E-state index in [1.165, 1.54) is 18.5 Å². The van der Waals surface area contributed by atoms with Crippen molar-refractivity contribution >= 4 is 32.4 Å². The molecule has 0 amide bonds. The van der Waals surface area contributed by atoms with Crippen molar-refractivity contribution < 1.29 is 13.2 Å². The molecule has 0 spiro atoms. The van der Waals surface area contributed by atoms with E-state index in [1.54, 1.807) is 18.3 Å². The van der Waals surface area contributed by atoms with Crippen molar-refractivity contribution in [2.75, 3.05) is 29.8 Å². The first-order valence-corrected chi connectivity index (χ1v) is 11.8.